The smallest absolute Gasteiger partial charge is 0.221 e. The first-order valence-corrected chi connectivity index (χ1v) is 7.07. The molecule has 0 bridgehead atoms. The number of carbonyl (C=O) groups is 1. The van der Waals surface area contributed by atoms with Crippen molar-refractivity contribution in [3.63, 3.8) is 0 Å². The summed E-state index contributed by atoms with van der Waals surface area (Å²) in [4.78, 5) is 14.2. The standard InChI is InChI=1S/C13H25N3O/c17-13(15-12-4-2-1-3-5-12)6-9-16-10-7-14-8-11-16/h12,14H,1-11H2,(H,15,17). The molecule has 0 aromatic carbocycles. The van der Waals surface area contributed by atoms with Crippen molar-refractivity contribution in [1.82, 2.24) is 15.5 Å². The number of hydrogen-bond donors (Lipinski definition) is 2. The minimum absolute atomic E-state index is 0.246. The van der Waals surface area contributed by atoms with Crippen LogP contribution in [-0.4, -0.2) is 49.6 Å². The van der Waals surface area contributed by atoms with Crippen molar-refractivity contribution in [3.8, 4) is 0 Å². The van der Waals surface area contributed by atoms with E-state index < -0.39 is 0 Å². The average molecular weight is 239 g/mol. The Labute approximate surface area is 104 Å². The van der Waals surface area contributed by atoms with Gasteiger partial charge in [0.2, 0.25) is 5.91 Å². The molecule has 0 radical (unpaired) electrons. The van der Waals surface area contributed by atoms with Crippen LogP contribution in [-0.2, 0) is 4.79 Å². The minimum Gasteiger partial charge on any atom is -0.353 e. The van der Waals surface area contributed by atoms with Crippen LogP contribution in [0.1, 0.15) is 38.5 Å². The van der Waals surface area contributed by atoms with Gasteiger partial charge in [-0.1, -0.05) is 19.3 Å². The maximum Gasteiger partial charge on any atom is 0.221 e. The molecule has 1 saturated carbocycles. The Morgan fingerprint density at radius 2 is 1.88 bits per heavy atom. The Morgan fingerprint density at radius 3 is 2.59 bits per heavy atom. The van der Waals surface area contributed by atoms with Gasteiger partial charge in [-0.15, -0.1) is 0 Å². The van der Waals surface area contributed by atoms with Crippen LogP contribution < -0.4 is 10.6 Å². The molecule has 98 valence electrons. The molecule has 0 spiro atoms. The van der Waals surface area contributed by atoms with Crippen LogP contribution in [0.15, 0.2) is 0 Å². The van der Waals surface area contributed by atoms with Crippen molar-refractivity contribution < 1.29 is 4.79 Å². The van der Waals surface area contributed by atoms with Crippen molar-refractivity contribution in [1.29, 1.82) is 0 Å². The van der Waals surface area contributed by atoms with E-state index in [1.807, 2.05) is 0 Å². The Kier molecular flexibility index (Phi) is 5.26. The zero-order chi connectivity index (χ0) is 11.9. The second kappa shape index (κ2) is 6.97. The Morgan fingerprint density at radius 1 is 1.18 bits per heavy atom. The quantitative estimate of drug-likeness (QED) is 0.760. The minimum atomic E-state index is 0.246. The SMILES string of the molecule is O=C(CCN1CCNCC1)NC1CCCCC1. The number of hydrogen-bond acceptors (Lipinski definition) is 3. The van der Waals surface area contributed by atoms with E-state index in [1.54, 1.807) is 0 Å². The van der Waals surface area contributed by atoms with Crippen LogP contribution in [0.4, 0.5) is 0 Å². The lowest BCUT2D eigenvalue weighted by molar-refractivity contribution is -0.122. The Hall–Kier alpha value is -0.610. The van der Waals surface area contributed by atoms with E-state index in [4.69, 9.17) is 0 Å². The summed E-state index contributed by atoms with van der Waals surface area (Å²) in [5.74, 6) is 0.246. The molecule has 2 aliphatic rings. The molecule has 0 unspecified atom stereocenters. The summed E-state index contributed by atoms with van der Waals surface area (Å²) in [7, 11) is 0. The van der Waals surface area contributed by atoms with Gasteiger partial charge in [0, 0.05) is 45.2 Å². The molecule has 2 fully saturated rings. The third kappa shape index (κ3) is 4.64. The highest BCUT2D eigenvalue weighted by molar-refractivity contribution is 5.76. The van der Waals surface area contributed by atoms with Crippen molar-refractivity contribution >= 4 is 5.91 Å². The van der Waals surface area contributed by atoms with E-state index in [-0.39, 0.29) is 5.91 Å². The van der Waals surface area contributed by atoms with E-state index >= 15 is 0 Å². The molecule has 4 nitrogen and oxygen atoms in total. The first-order chi connectivity index (χ1) is 8.34. The number of piperazine rings is 1. The molecule has 0 aromatic heterocycles. The summed E-state index contributed by atoms with van der Waals surface area (Å²) in [5, 5.41) is 6.50. The molecule has 1 aliphatic carbocycles. The molecule has 1 heterocycles. The normalized spacial score (nSPS) is 23.5. The lowest BCUT2D eigenvalue weighted by Gasteiger charge is -2.27. The number of amides is 1. The lowest BCUT2D eigenvalue weighted by Crippen LogP contribution is -2.45. The van der Waals surface area contributed by atoms with E-state index in [0.29, 0.717) is 12.5 Å². The molecule has 0 aromatic rings. The van der Waals surface area contributed by atoms with Crippen molar-refractivity contribution in [3.05, 3.63) is 0 Å². The zero-order valence-corrected chi connectivity index (χ0v) is 10.7. The van der Waals surface area contributed by atoms with Crippen LogP contribution in [0.3, 0.4) is 0 Å². The Bertz CT molecular complexity index is 233. The van der Waals surface area contributed by atoms with Gasteiger partial charge in [-0.3, -0.25) is 4.79 Å². The van der Waals surface area contributed by atoms with E-state index in [0.717, 1.165) is 32.7 Å². The maximum absolute atomic E-state index is 11.8. The van der Waals surface area contributed by atoms with Crippen molar-refractivity contribution in [2.45, 2.75) is 44.6 Å². The fourth-order valence-electron chi connectivity index (χ4n) is 2.74. The van der Waals surface area contributed by atoms with Gasteiger partial charge >= 0.3 is 0 Å². The third-order valence-corrected chi connectivity index (χ3v) is 3.83. The van der Waals surface area contributed by atoms with E-state index in [2.05, 4.69) is 15.5 Å². The number of nitrogens with zero attached hydrogens (tertiary/aromatic N) is 1. The van der Waals surface area contributed by atoms with Gasteiger partial charge in [0.05, 0.1) is 0 Å². The van der Waals surface area contributed by atoms with Gasteiger partial charge in [-0.05, 0) is 12.8 Å². The van der Waals surface area contributed by atoms with Gasteiger partial charge in [-0.25, -0.2) is 0 Å². The summed E-state index contributed by atoms with van der Waals surface area (Å²) >= 11 is 0. The number of carbonyl (C=O) groups excluding carboxylic acids is 1. The van der Waals surface area contributed by atoms with Gasteiger partial charge in [0.1, 0.15) is 0 Å². The first kappa shape index (κ1) is 12.8. The number of rotatable bonds is 4. The summed E-state index contributed by atoms with van der Waals surface area (Å²) < 4.78 is 0. The first-order valence-electron chi connectivity index (χ1n) is 7.07. The topological polar surface area (TPSA) is 44.4 Å². The molecule has 17 heavy (non-hydrogen) atoms. The van der Waals surface area contributed by atoms with Crippen LogP contribution in [0, 0.1) is 0 Å². The molecule has 4 heteroatoms. The summed E-state index contributed by atoms with van der Waals surface area (Å²) in [6.07, 6.45) is 6.92. The Balaban J connectivity index is 1.59. The summed E-state index contributed by atoms with van der Waals surface area (Å²) in [5.41, 5.74) is 0. The highest BCUT2D eigenvalue weighted by atomic mass is 16.1. The fraction of sp³-hybridized carbons (Fsp3) is 0.923. The van der Waals surface area contributed by atoms with Gasteiger partial charge in [0.25, 0.3) is 0 Å². The predicted octanol–water partition coefficient (Wildman–Crippen LogP) is 0.731. The predicted molar refractivity (Wildman–Crippen MR) is 68.9 cm³/mol. The molecular weight excluding hydrogens is 214 g/mol. The summed E-state index contributed by atoms with van der Waals surface area (Å²) in [6, 6.07) is 0.458. The highest BCUT2D eigenvalue weighted by Crippen LogP contribution is 2.17. The van der Waals surface area contributed by atoms with Crippen molar-refractivity contribution in [2.24, 2.45) is 0 Å². The largest absolute Gasteiger partial charge is 0.353 e. The maximum atomic E-state index is 11.8. The zero-order valence-electron chi connectivity index (χ0n) is 10.7. The van der Waals surface area contributed by atoms with Gasteiger partial charge < -0.3 is 15.5 Å². The molecule has 1 amide bonds. The van der Waals surface area contributed by atoms with Crippen molar-refractivity contribution in [2.75, 3.05) is 32.7 Å². The second-order valence-electron chi connectivity index (χ2n) is 5.24. The van der Waals surface area contributed by atoms with Crippen LogP contribution in [0.5, 0.6) is 0 Å². The third-order valence-electron chi connectivity index (χ3n) is 3.83. The number of nitrogens with one attached hydrogen (secondary N) is 2. The molecule has 1 aliphatic heterocycles. The molecule has 1 saturated heterocycles. The second-order valence-corrected chi connectivity index (χ2v) is 5.24. The van der Waals surface area contributed by atoms with E-state index in [1.165, 1.54) is 32.1 Å². The molecule has 0 atom stereocenters. The highest BCUT2D eigenvalue weighted by Gasteiger charge is 2.16. The van der Waals surface area contributed by atoms with Crippen LogP contribution in [0.25, 0.3) is 0 Å². The summed E-state index contributed by atoms with van der Waals surface area (Å²) in [6.45, 7) is 5.20. The molecular formula is C13H25N3O. The van der Waals surface area contributed by atoms with Crippen LogP contribution in [0.2, 0.25) is 0 Å². The van der Waals surface area contributed by atoms with E-state index in [9.17, 15) is 4.79 Å². The molecule has 2 N–H and O–H groups in total. The van der Waals surface area contributed by atoms with Gasteiger partial charge in [-0.2, -0.15) is 0 Å². The fourth-order valence-corrected chi connectivity index (χ4v) is 2.74. The average Bonchev–Trinajstić information content (AvgIpc) is 2.39. The molecule has 2 rings (SSSR count). The monoisotopic (exact) mass is 239 g/mol. The van der Waals surface area contributed by atoms with Gasteiger partial charge in [0.15, 0.2) is 0 Å². The van der Waals surface area contributed by atoms with Crippen LogP contribution >= 0.6 is 0 Å². The lowest BCUT2D eigenvalue weighted by atomic mass is 9.95.